The first kappa shape index (κ1) is 13.7. The average molecular weight is 236 g/mol. The lowest BCUT2D eigenvalue weighted by atomic mass is 10.2. The molecule has 1 aromatic carbocycles. The molecule has 1 rings (SSSR count). The first-order valence-corrected chi connectivity index (χ1v) is 5.72. The van der Waals surface area contributed by atoms with E-state index in [9.17, 15) is 4.79 Å². The van der Waals surface area contributed by atoms with Gasteiger partial charge in [-0.25, -0.2) is 0 Å². The summed E-state index contributed by atoms with van der Waals surface area (Å²) in [7, 11) is 1.62. The zero-order valence-corrected chi connectivity index (χ0v) is 10.4. The number of ether oxygens (including phenoxy) is 1. The Bertz CT molecular complexity index is 339. The van der Waals surface area contributed by atoms with Crippen molar-refractivity contribution in [3.8, 4) is 0 Å². The molecule has 0 aliphatic carbocycles. The number of rotatable bonds is 6. The lowest BCUT2D eigenvalue weighted by molar-refractivity contribution is -0.133. The molecule has 0 spiro atoms. The number of carbonyl (C=O) groups excluding carboxylic acids is 1. The van der Waals surface area contributed by atoms with Gasteiger partial charge in [-0.15, -0.1) is 0 Å². The fraction of sp³-hybridized carbons (Fsp3) is 0.462. The van der Waals surface area contributed by atoms with E-state index >= 15 is 0 Å². The summed E-state index contributed by atoms with van der Waals surface area (Å²) in [6, 6.07) is 9.38. The first-order chi connectivity index (χ1) is 8.15. The van der Waals surface area contributed by atoms with E-state index in [1.54, 1.807) is 18.9 Å². The fourth-order valence-corrected chi connectivity index (χ4v) is 1.56. The normalized spacial score (nSPS) is 12.2. The van der Waals surface area contributed by atoms with Crippen molar-refractivity contribution in [2.75, 3.05) is 20.3 Å². The Hall–Kier alpha value is -1.39. The van der Waals surface area contributed by atoms with Gasteiger partial charge >= 0.3 is 0 Å². The third kappa shape index (κ3) is 4.54. The quantitative estimate of drug-likeness (QED) is 0.802. The SMILES string of the molecule is COCCN(Cc1ccccc1)C(=O)[C@@H](C)N. The van der Waals surface area contributed by atoms with Gasteiger partial charge in [0.2, 0.25) is 5.91 Å². The molecule has 0 saturated carbocycles. The second-order valence-electron chi connectivity index (χ2n) is 4.03. The summed E-state index contributed by atoms with van der Waals surface area (Å²) in [5, 5.41) is 0. The molecule has 0 aliphatic rings. The number of hydrogen-bond acceptors (Lipinski definition) is 3. The van der Waals surface area contributed by atoms with Crippen molar-refractivity contribution in [2.45, 2.75) is 19.5 Å². The van der Waals surface area contributed by atoms with Gasteiger partial charge in [0, 0.05) is 20.2 Å². The molecule has 0 heterocycles. The molecule has 0 unspecified atom stereocenters. The minimum atomic E-state index is -0.476. The van der Waals surface area contributed by atoms with Crippen LogP contribution in [0.5, 0.6) is 0 Å². The molecule has 0 aromatic heterocycles. The molecular weight excluding hydrogens is 216 g/mol. The molecule has 4 nitrogen and oxygen atoms in total. The number of methoxy groups -OCH3 is 1. The van der Waals surface area contributed by atoms with E-state index in [2.05, 4.69) is 0 Å². The second-order valence-corrected chi connectivity index (χ2v) is 4.03. The molecule has 1 aromatic rings. The van der Waals surface area contributed by atoms with E-state index in [-0.39, 0.29) is 5.91 Å². The minimum absolute atomic E-state index is 0.0501. The maximum atomic E-state index is 11.9. The Labute approximate surface area is 102 Å². The monoisotopic (exact) mass is 236 g/mol. The average Bonchev–Trinajstić information content (AvgIpc) is 2.34. The van der Waals surface area contributed by atoms with Crippen LogP contribution in [0.2, 0.25) is 0 Å². The highest BCUT2D eigenvalue weighted by molar-refractivity contribution is 5.81. The van der Waals surface area contributed by atoms with Crippen LogP contribution in [0.25, 0.3) is 0 Å². The van der Waals surface area contributed by atoms with Crippen LogP contribution in [-0.2, 0) is 16.1 Å². The van der Waals surface area contributed by atoms with Crippen LogP contribution in [0.15, 0.2) is 30.3 Å². The lowest BCUT2D eigenvalue weighted by Crippen LogP contribution is -2.43. The molecule has 0 aliphatic heterocycles. The molecule has 0 saturated heterocycles. The van der Waals surface area contributed by atoms with Crippen LogP contribution < -0.4 is 5.73 Å². The van der Waals surface area contributed by atoms with Crippen molar-refractivity contribution in [1.29, 1.82) is 0 Å². The van der Waals surface area contributed by atoms with Crippen LogP contribution in [0.4, 0.5) is 0 Å². The highest BCUT2D eigenvalue weighted by atomic mass is 16.5. The van der Waals surface area contributed by atoms with Gasteiger partial charge in [-0.2, -0.15) is 0 Å². The summed E-state index contributed by atoms with van der Waals surface area (Å²) in [5.41, 5.74) is 6.73. The van der Waals surface area contributed by atoms with Gasteiger partial charge in [0.1, 0.15) is 0 Å². The fourth-order valence-electron chi connectivity index (χ4n) is 1.56. The molecule has 0 fully saturated rings. The predicted octanol–water partition coefficient (Wildman–Crippen LogP) is 1.01. The van der Waals surface area contributed by atoms with Gasteiger partial charge in [0.05, 0.1) is 12.6 Å². The van der Waals surface area contributed by atoms with Gasteiger partial charge < -0.3 is 15.4 Å². The summed E-state index contributed by atoms with van der Waals surface area (Å²) in [4.78, 5) is 13.6. The molecule has 0 radical (unpaired) electrons. The number of carbonyl (C=O) groups is 1. The Balaban J connectivity index is 2.66. The molecule has 94 valence electrons. The Morgan fingerprint density at radius 3 is 2.59 bits per heavy atom. The van der Waals surface area contributed by atoms with E-state index < -0.39 is 6.04 Å². The van der Waals surface area contributed by atoms with Gasteiger partial charge in [0.15, 0.2) is 0 Å². The van der Waals surface area contributed by atoms with Crippen molar-refractivity contribution in [3.63, 3.8) is 0 Å². The largest absolute Gasteiger partial charge is 0.383 e. The maximum absolute atomic E-state index is 11.9. The van der Waals surface area contributed by atoms with Crippen molar-refractivity contribution in [1.82, 2.24) is 4.90 Å². The number of hydrogen-bond donors (Lipinski definition) is 1. The van der Waals surface area contributed by atoms with Gasteiger partial charge in [-0.1, -0.05) is 30.3 Å². The van der Waals surface area contributed by atoms with E-state index in [4.69, 9.17) is 10.5 Å². The molecule has 0 bridgehead atoms. The first-order valence-electron chi connectivity index (χ1n) is 5.72. The van der Waals surface area contributed by atoms with E-state index in [1.807, 2.05) is 30.3 Å². The Morgan fingerprint density at radius 2 is 2.06 bits per heavy atom. The van der Waals surface area contributed by atoms with Crippen molar-refractivity contribution in [3.05, 3.63) is 35.9 Å². The number of amides is 1. The molecular formula is C13H20N2O2. The molecule has 2 N–H and O–H groups in total. The minimum Gasteiger partial charge on any atom is -0.383 e. The van der Waals surface area contributed by atoms with Gasteiger partial charge in [-0.05, 0) is 12.5 Å². The van der Waals surface area contributed by atoms with Crippen LogP contribution in [0, 0.1) is 0 Å². The van der Waals surface area contributed by atoms with Crippen LogP contribution in [0.1, 0.15) is 12.5 Å². The highest BCUT2D eigenvalue weighted by Crippen LogP contribution is 2.05. The predicted molar refractivity (Wildman–Crippen MR) is 67.4 cm³/mol. The number of nitrogens with two attached hydrogens (primary N) is 1. The van der Waals surface area contributed by atoms with E-state index in [0.717, 1.165) is 5.56 Å². The van der Waals surface area contributed by atoms with E-state index in [1.165, 1.54) is 0 Å². The summed E-state index contributed by atoms with van der Waals surface area (Å²) in [6.45, 7) is 3.36. The zero-order chi connectivity index (χ0) is 12.7. The molecule has 4 heteroatoms. The van der Waals surface area contributed by atoms with Crippen molar-refractivity contribution in [2.24, 2.45) is 5.73 Å². The number of benzene rings is 1. The summed E-state index contributed by atoms with van der Waals surface area (Å²) >= 11 is 0. The summed E-state index contributed by atoms with van der Waals surface area (Å²) in [5.74, 6) is -0.0501. The topological polar surface area (TPSA) is 55.6 Å². The smallest absolute Gasteiger partial charge is 0.239 e. The maximum Gasteiger partial charge on any atom is 0.239 e. The third-order valence-corrected chi connectivity index (χ3v) is 2.48. The third-order valence-electron chi connectivity index (χ3n) is 2.48. The molecule has 1 amide bonds. The van der Waals surface area contributed by atoms with Crippen LogP contribution in [-0.4, -0.2) is 37.1 Å². The second kappa shape index (κ2) is 7.04. The molecule has 1 atom stereocenters. The zero-order valence-electron chi connectivity index (χ0n) is 10.4. The molecule has 17 heavy (non-hydrogen) atoms. The number of nitrogens with zero attached hydrogens (tertiary/aromatic N) is 1. The van der Waals surface area contributed by atoms with Crippen LogP contribution in [0.3, 0.4) is 0 Å². The van der Waals surface area contributed by atoms with Crippen molar-refractivity contribution < 1.29 is 9.53 Å². The van der Waals surface area contributed by atoms with Gasteiger partial charge in [0.25, 0.3) is 0 Å². The lowest BCUT2D eigenvalue weighted by Gasteiger charge is -2.24. The Morgan fingerprint density at radius 1 is 1.41 bits per heavy atom. The Kier molecular flexibility index (Phi) is 5.66. The van der Waals surface area contributed by atoms with Gasteiger partial charge in [-0.3, -0.25) is 4.79 Å². The van der Waals surface area contributed by atoms with E-state index in [0.29, 0.717) is 19.7 Å². The highest BCUT2D eigenvalue weighted by Gasteiger charge is 2.17. The van der Waals surface area contributed by atoms with Crippen LogP contribution >= 0.6 is 0 Å². The summed E-state index contributed by atoms with van der Waals surface area (Å²) < 4.78 is 5.01. The van der Waals surface area contributed by atoms with Crippen molar-refractivity contribution >= 4 is 5.91 Å². The standard InChI is InChI=1S/C13H20N2O2/c1-11(14)13(16)15(8-9-17-2)10-12-6-4-3-5-7-12/h3-7,11H,8-10,14H2,1-2H3/t11-/m1/s1. The summed E-state index contributed by atoms with van der Waals surface area (Å²) in [6.07, 6.45) is 0.